The van der Waals surface area contributed by atoms with Crippen LogP contribution in [-0.2, 0) is 6.42 Å². The molecule has 0 fully saturated rings. The molecule has 0 atom stereocenters. The molecule has 0 unspecified atom stereocenters. The molecule has 0 spiro atoms. The maximum Gasteiger partial charge on any atom is 1.00 e. The Balaban J connectivity index is 0. The van der Waals surface area contributed by atoms with E-state index in [1.807, 2.05) is 6.07 Å². The lowest BCUT2D eigenvalue weighted by Crippen LogP contribution is -3.00. The summed E-state index contributed by atoms with van der Waals surface area (Å²) in [6.45, 7) is 8.34. The molecule has 0 saturated carbocycles. The normalized spacial score (nSPS) is 10.2. The van der Waals surface area contributed by atoms with Crippen LogP contribution in [-0.4, -0.2) is 19.2 Å². The summed E-state index contributed by atoms with van der Waals surface area (Å²) >= 11 is 0. The maximum atomic E-state index is 5.83. The van der Waals surface area contributed by atoms with E-state index >= 15 is 0 Å². The number of hydrogen-bond donors (Lipinski definition) is 1. The molecule has 0 aliphatic heterocycles. The Bertz CT molecular complexity index is 321. The van der Waals surface area contributed by atoms with Gasteiger partial charge in [0.15, 0.2) is 0 Å². The Labute approximate surface area is 123 Å². The van der Waals surface area contributed by atoms with Crippen LogP contribution in [0.25, 0.3) is 0 Å². The molecule has 18 heavy (non-hydrogen) atoms. The topological polar surface area (TPSA) is 21.3 Å². The highest BCUT2D eigenvalue weighted by atomic mass is 79.9. The molecule has 0 bridgehead atoms. The number of halogens is 1. The highest BCUT2D eigenvalue weighted by molar-refractivity contribution is 5.33. The summed E-state index contributed by atoms with van der Waals surface area (Å²) in [6.07, 6.45) is 3.31. The van der Waals surface area contributed by atoms with Gasteiger partial charge in [-0.25, -0.2) is 0 Å². The van der Waals surface area contributed by atoms with Crippen molar-refractivity contribution in [2.45, 2.75) is 46.1 Å². The van der Waals surface area contributed by atoms with Crippen molar-refractivity contribution in [1.82, 2.24) is 5.32 Å². The van der Waals surface area contributed by atoms with Gasteiger partial charge in [-0.05, 0) is 31.0 Å². The van der Waals surface area contributed by atoms with E-state index in [1.54, 1.807) is 0 Å². The lowest BCUT2D eigenvalue weighted by Gasteiger charge is -2.12. The predicted molar refractivity (Wildman–Crippen MR) is 74.8 cm³/mol. The quantitative estimate of drug-likeness (QED) is 0.706. The molecule has 1 aromatic rings. The minimum absolute atomic E-state index is 0. The second-order valence-electron chi connectivity index (χ2n) is 4.67. The van der Waals surface area contributed by atoms with Gasteiger partial charge in [-0.15, -0.1) is 0 Å². The van der Waals surface area contributed by atoms with Gasteiger partial charge >= 0.3 is 1.43 Å². The molecule has 0 aromatic heterocycles. The maximum absolute atomic E-state index is 5.83. The fraction of sp³-hybridized carbons (Fsp3) is 0.600. The van der Waals surface area contributed by atoms with Crippen molar-refractivity contribution in [3.8, 4) is 5.75 Å². The Morgan fingerprint density at radius 2 is 2.00 bits per heavy atom. The van der Waals surface area contributed by atoms with Gasteiger partial charge in [0.2, 0.25) is 0 Å². The molecule has 2 nitrogen and oxygen atoms in total. The molecule has 0 heterocycles. The van der Waals surface area contributed by atoms with Crippen molar-refractivity contribution in [1.29, 1.82) is 0 Å². The average Bonchev–Trinajstić information content (AvgIpc) is 2.31. The predicted octanol–water partition coefficient (Wildman–Crippen LogP) is 0.523. The molecule has 0 radical (unpaired) electrons. The Hall–Kier alpha value is -0.540. The van der Waals surface area contributed by atoms with Crippen LogP contribution in [0, 0.1) is 0 Å². The van der Waals surface area contributed by atoms with Crippen molar-refractivity contribution in [3.63, 3.8) is 0 Å². The number of aryl methyl sites for hydroxylation is 1. The van der Waals surface area contributed by atoms with E-state index in [1.165, 1.54) is 5.56 Å². The molecule has 1 aromatic carbocycles. The smallest absolute Gasteiger partial charge is 1.00 e. The van der Waals surface area contributed by atoms with E-state index in [9.17, 15) is 0 Å². The van der Waals surface area contributed by atoms with Gasteiger partial charge in [0.05, 0.1) is 6.61 Å². The molecule has 0 saturated heterocycles. The van der Waals surface area contributed by atoms with Crippen molar-refractivity contribution in [3.05, 3.63) is 29.8 Å². The first-order valence-corrected chi connectivity index (χ1v) is 6.68. The lowest BCUT2D eigenvalue weighted by molar-refractivity contribution is -0.00000440. The fourth-order valence-corrected chi connectivity index (χ4v) is 1.77. The molecular formula is C15H26BrNO. The Kier molecular flexibility index (Phi) is 10.1. The number of ether oxygens (including phenoxy) is 1. The first-order valence-electron chi connectivity index (χ1n) is 6.68. The first-order chi connectivity index (χ1) is 8.24. The standard InChI is InChI=1S/C15H25NO.BrH/c1-4-8-14-9-5-6-10-15(14)17-12-7-11-16-13(2)3;/h5-6,9-10,13,16H,4,7-8,11-12H2,1-3H3;1H. The lowest BCUT2D eigenvalue weighted by atomic mass is 10.1. The van der Waals surface area contributed by atoms with Gasteiger partial charge < -0.3 is 27.0 Å². The zero-order valence-electron chi connectivity index (χ0n) is 12.7. The minimum atomic E-state index is 0. The van der Waals surface area contributed by atoms with Crippen molar-refractivity contribution in [2.24, 2.45) is 0 Å². The third kappa shape index (κ3) is 7.02. The van der Waals surface area contributed by atoms with Gasteiger partial charge in [-0.3, -0.25) is 0 Å². The molecule has 3 heteroatoms. The van der Waals surface area contributed by atoms with E-state index < -0.39 is 0 Å². The SMILES string of the molecule is CCCc1ccccc1OCCCNC(C)C.[Br-].[H+]. The number of benzene rings is 1. The summed E-state index contributed by atoms with van der Waals surface area (Å²) in [5, 5.41) is 3.39. The Morgan fingerprint density at radius 1 is 1.28 bits per heavy atom. The summed E-state index contributed by atoms with van der Waals surface area (Å²) < 4.78 is 5.83. The molecule has 1 rings (SSSR count). The summed E-state index contributed by atoms with van der Waals surface area (Å²) in [4.78, 5) is 0. The second-order valence-corrected chi connectivity index (χ2v) is 4.67. The van der Waals surface area contributed by atoms with E-state index in [-0.39, 0.29) is 18.4 Å². The van der Waals surface area contributed by atoms with Gasteiger partial charge in [0.25, 0.3) is 0 Å². The van der Waals surface area contributed by atoms with Crippen LogP contribution < -0.4 is 27.0 Å². The third-order valence-corrected chi connectivity index (χ3v) is 2.62. The molecule has 0 aliphatic carbocycles. The van der Waals surface area contributed by atoms with Crippen LogP contribution in [0.4, 0.5) is 0 Å². The summed E-state index contributed by atoms with van der Waals surface area (Å²) in [7, 11) is 0. The van der Waals surface area contributed by atoms with Crippen LogP contribution in [0.15, 0.2) is 24.3 Å². The van der Waals surface area contributed by atoms with E-state index in [4.69, 9.17) is 4.74 Å². The zero-order valence-corrected chi connectivity index (χ0v) is 13.3. The summed E-state index contributed by atoms with van der Waals surface area (Å²) in [6, 6.07) is 8.91. The van der Waals surface area contributed by atoms with Gasteiger partial charge in [0, 0.05) is 6.04 Å². The minimum Gasteiger partial charge on any atom is -1.00 e. The van der Waals surface area contributed by atoms with Gasteiger partial charge in [-0.1, -0.05) is 45.4 Å². The third-order valence-electron chi connectivity index (χ3n) is 2.62. The van der Waals surface area contributed by atoms with E-state index in [2.05, 4.69) is 44.3 Å². The zero-order chi connectivity index (χ0) is 12.5. The molecule has 0 aliphatic rings. The van der Waals surface area contributed by atoms with Gasteiger partial charge in [0.1, 0.15) is 5.75 Å². The fourth-order valence-electron chi connectivity index (χ4n) is 1.77. The van der Waals surface area contributed by atoms with Crippen molar-refractivity contribution >= 4 is 0 Å². The molecular weight excluding hydrogens is 290 g/mol. The van der Waals surface area contributed by atoms with Crippen LogP contribution >= 0.6 is 0 Å². The summed E-state index contributed by atoms with van der Waals surface area (Å²) in [5.74, 6) is 1.05. The van der Waals surface area contributed by atoms with Crippen LogP contribution in [0.5, 0.6) is 5.75 Å². The summed E-state index contributed by atoms with van der Waals surface area (Å²) in [5.41, 5.74) is 1.33. The van der Waals surface area contributed by atoms with Crippen molar-refractivity contribution in [2.75, 3.05) is 13.2 Å². The second kappa shape index (κ2) is 10.4. The van der Waals surface area contributed by atoms with Crippen molar-refractivity contribution < 1.29 is 23.1 Å². The Morgan fingerprint density at radius 3 is 2.67 bits per heavy atom. The van der Waals surface area contributed by atoms with Crippen LogP contribution in [0.1, 0.15) is 40.6 Å². The van der Waals surface area contributed by atoms with E-state index in [0.29, 0.717) is 6.04 Å². The number of rotatable bonds is 8. The number of hydrogen-bond acceptors (Lipinski definition) is 2. The molecule has 0 amide bonds. The highest BCUT2D eigenvalue weighted by Gasteiger charge is 2.01. The highest BCUT2D eigenvalue weighted by Crippen LogP contribution is 2.19. The van der Waals surface area contributed by atoms with Crippen LogP contribution in [0.2, 0.25) is 0 Å². The van der Waals surface area contributed by atoms with Gasteiger partial charge in [-0.2, -0.15) is 0 Å². The monoisotopic (exact) mass is 315 g/mol. The molecule has 104 valence electrons. The van der Waals surface area contributed by atoms with E-state index in [0.717, 1.165) is 38.2 Å². The number of nitrogens with one attached hydrogen (secondary N) is 1. The molecule has 1 N–H and O–H groups in total. The largest absolute Gasteiger partial charge is 1.00 e. The number of para-hydroxylation sites is 1. The van der Waals surface area contributed by atoms with Crippen LogP contribution in [0.3, 0.4) is 0 Å². The first kappa shape index (κ1) is 17.5. The average molecular weight is 316 g/mol.